The first-order valence-corrected chi connectivity index (χ1v) is 11.8. The molecule has 4 rings (SSSR count). The first kappa shape index (κ1) is 24.0. The number of rotatable bonds is 6. The number of benzene rings is 2. The molecule has 6 nitrogen and oxygen atoms in total. The number of esters is 1. The van der Waals surface area contributed by atoms with Crippen LogP contribution in [0, 0.1) is 0 Å². The summed E-state index contributed by atoms with van der Waals surface area (Å²) in [5.41, 5.74) is 1.94. The van der Waals surface area contributed by atoms with Gasteiger partial charge in [-0.25, -0.2) is 9.79 Å². The van der Waals surface area contributed by atoms with Crippen molar-refractivity contribution >= 4 is 46.6 Å². The van der Waals surface area contributed by atoms with Gasteiger partial charge in [0.25, 0.3) is 5.56 Å². The monoisotopic (exact) mass is 514 g/mol. The Labute approximate surface area is 209 Å². The van der Waals surface area contributed by atoms with Crippen molar-refractivity contribution in [1.82, 2.24) is 4.57 Å². The van der Waals surface area contributed by atoms with E-state index in [9.17, 15) is 9.59 Å². The molecule has 0 aliphatic carbocycles. The van der Waals surface area contributed by atoms with Gasteiger partial charge in [-0.3, -0.25) is 9.36 Å². The van der Waals surface area contributed by atoms with Gasteiger partial charge in [-0.1, -0.05) is 65.4 Å². The highest BCUT2D eigenvalue weighted by atomic mass is 35.5. The van der Waals surface area contributed by atoms with Crippen molar-refractivity contribution < 1.29 is 14.3 Å². The average Bonchev–Trinajstić information content (AvgIpc) is 3.13. The van der Waals surface area contributed by atoms with Crippen LogP contribution in [0.2, 0.25) is 10.0 Å². The molecule has 0 fully saturated rings. The van der Waals surface area contributed by atoms with E-state index >= 15 is 0 Å². The molecule has 0 spiro atoms. The van der Waals surface area contributed by atoms with Crippen molar-refractivity contribution in [3.05, 3.63) is 107 Å². The average molecular weight is 515 g/mol. The lowest BCUT2D eigenvalue weighted by Crippen LogP contribution is -2.39. The second-order valence-electron chi connectivity index (χ2n) is 7.42. The molecule has 174 valence electrons. The summed E-state index contributed by atoms with van der Waals surface area (Å²) >= 11 is 13.4. The highest BCUT2D eigenvalue weighted by Gasteiger charge is 2.33. The van der Waals surface area contributed by atoms with Gasteiger partial charge in [-0.05, 0) is 48.4 Å². The third kappa shape index (κ3) is 4.59. The molecular formula is C25H20Cl2N2O4S. The predicted molar refractivity (Wildman–Crippen MR) is 134 cm³/mol. The molecule has 2 aromatic carbocycles. The quantitative estimate of drug-likeness (QED) is 0.363. The first-order chi connectivity index (χ1) is 16.3. The van der Waals surface area contributed by atoms with E-state index in [4.69, 9.17) is 32.7 Å². The van der Waals surface area contributed by atoms with Crippen LogP contribution in [0.25, 0.3) is 6.08 Å². The van der Waals surface area contributed by atoms with E-state index < -0.39 is 12.0 Å². The Bertz CT molecular complexity index is 1490. The largest absolute Gasteiger partial charge is 0.497 e. The Balaban J connectivity index is 1.92. The smallest absolute Gasteiger partial charge is 0.338 e. The zero-order valence-electron chi connectivity index (χ0n) is 18.4. The maximum absolute atomic E-state index is 13.6. The van der Waals surface area contributed by atoms with E-state index in [1.54, 1.807) is 50.4 Å². The van der Waals surface area contributed by atoms with E-state index in [0.717, 1.165) is 11.1 Å². The standard InChI is InChI=1S/C25H20Cl2N2O4S/c1-4-11-33-24(31)21-14(2)28-25-29(22(21)16-6-8-17(32-3)9-7-16)23(30)20(34-25)13-15-5-10-18(26)19(27)12-15/h4-10,12-13,22H,1,11H2,2-3H3/b20-13+. The molecule has 9 heteroatoms. The Morgan fingerprint density at radius 3 is 2.59 bits per heavy atom. The molecule has 1 atom stereocenters. The zero-order chi connectivity index (χ0) is 24.4. The molecule has 2 heterocycles. The van der Waals surface area contributed by atoms with Gasteiger partial charge in [0.2, 0.25) is 0 Å². The fourth-order valence-electron chi connectivity index (χ4n) is 3.65. The van der Waals surface area contributed by atoms with Crippen molar-refractivity contribution in [1.29, 1.82) is 0 Å². The Hall–Kier alpha value is -3.13. The second kappa shape index (κ2) is 10.0. The number of halogens is 2. The highest BCUT2D eigenvalue weighted by molar-refractivity contribution is 7.07. The van der Waals surface area contributed by atoms with Crippen molar-refractivity contribution in [3.8, 4) is 5.75 Å². The lowest BCUT2D eigenvalue weighted by atomic mass is 9.96. The van der Waals surface area contributed by atoms with Crippen LogP contribution in [-0.2, 0) is 9.53 Å². The summed E-state index contributed by atoms with van der Waals surface area (Å²) in [7, 11) is 1.57. The number of ether oxygens (including phenoxy) is 2. The minimum absolute atomic E-state index is 0.0483. The van der Waals surface area contributed by atoms with Crippen LogP contribution >= 0.6 is 34.5 Å². The van der Waals surface area contributed by atoms with Crippen LogP contribution in [0.1, 0.15) is 24.1 Å². The summed E-state index contributed by atoms with van der Waals surface area (Å²) in [5, 5.41) is 0.820. The van der Waals surface area contributed by atoms with Crippen LogP contribution in [0.15, 0.2) is 76.2 Å². The van der Waals surface area contributed by atoms with Crippen molar-refractivity contribution in [2.45, 2.75) is 13.0 Å². The number of hydrogen-bond donors (Lipinski definition) is 0. The summed E-state index contributed by atoms with van der Waals surface area (Å²) in [6.07, 6.45) is 3.22. The summed E-state index contributed by atoms with van der Waals surface area (Å²) in [5.74, 6) is 0.105. The molecule has 1 aromatic heterocycles. The SMILES string of the molecule is C=CCOC(=O)C1=C(C)N=c2s/c(=C/c3ccc(Cl)c(Cl)c3)c(=O)n2C1c1ccc(OC)cc1. The molecule has 0 radical (unpaired) electrons. The topological polar surface area (TPSA) is 69.9 Å². The Morgan fingerprint density at radius 2 is 1.94 bits per heavy atom. The number of fused-ring (bicyclic) bond motifs is 1. The predicted octanol–water partition coefficient (Wildman–Crippen LogP) is 4.28. The highest BCUT2D eigenvalue weighted by Crippen LogP contribution is 2.31. The number of methoxy groups -OCH3 is 1. The fourth-order valence-corrected chi connectivity index (χ4v) is 5.00. The number of hydrogen-bond acceptors (Lipinski definition) is 6. The summed E-state index contributed by atoms with van der Waals surface area (Å²) < 4.78 is 12.6. The normalized spacial score (nSPS) is 15.5. The molecule has 34 heavy (non-hydrogen) atoms. The van der Waals surface area contributed by atoms with Crippen molar-refractivity contribution in [2.24, 2.45) is 4.99 Å². The third-order valence-corrected chi connectivity index (χ3v) is 6.97. The van der Waals surface area contributed by atoms with E-state index in [0.29, 0.717) is 36.4 Å². The molecular weight excluding hydrogens is 495 g/mol. The minimum Gasteiger partial charge on any atom is -0.497 e. The lowest BCUT2D eigenvalue weighted by Gasteiger charge is -2.24. The minimum atomic E-state index is -0.713. The summed E-state index contributed by atoms with van der Waals surface area (Å²) in [6, 6.07) is 11.6. The Morgan fingerprint density at radius 1 is 1.21 bits per heavy atom. The van der Waals surface area contributed by atoms with Crippen molar-refractivity contribution in [3.63, 3.8) is 0 Å². The molecule has 0 saturated heterocycles. The molecule has 0 bridgehead atoms. The van der Waals surface area contributed by atoms with E-state index in [1.165, 1.54) is 22.0 Å². The molecule has 0 N–H and O–H groups in total. The number of carbonyl (C=O) groups is 1. The number of aromatic nitrogens is 1. The zero-order valence-corrected chi connectivity index (χ0v) is 20.7. The summed E-state index contributed by atoms with van der Waals surface area (Å²) in [4.78, 5) is 31.6. The molecule has 0 saturated carbocycles. The van der Waals surface area contributed by atoms with Gasteiger partial charge in [-0.15, -0.1) is 0 Å². The maximum atomic E-state index is 13.6. The third-order valence-electron chi connectivity index (χ3n) is 5.25. The Kier molecular flexibility index (Phi) is 7.07. The van der Waals surface area contributed by atoms with Crippen molar-refractivity contribution in [2.75, 3.05) is 13.7 Å². The number of carbonyl (C=O) groups excluding carboxylic acids is 1. The number of thiazole rings is 1. The first-order valence-electron chi connectivity index (χ1n) is 10.2. The van der Waals surface area contributed by atoms with Crippen LogP contribution in [0.3, 0.4) is 0 Å². The van der Waals surface area contributed by atoms with Gasteiger partial charge in [0.1, 0.15) is 12.4 Å². The number of allylic oxidation sites excluding steroid dienone is 1. The van der Waals surface area contributed by atoms with Crippen LogP contribution in [0.5, 0.6) is 5.75 Å². The maximum Gasteiger partial charge on any atom is 0.338 e. The summed E-state index contributed by atoms with van der Waals surface area (Å²) in [6.45, 7) is 5.37. The second-order valence-corrected chi connectivity index (χ2v) is 9.24. The van der Waals surface area contributed by atoms with Gasteiger partial charge < -0.3 is 9.47 Å². The molecule has 3 aromatic rings. The van der Waals surface area contributed by atoms with Crippen LogP contribution < -0.4 is 19.6 Å². The van der Waals surface area contributed by atoms with Gasteiger partial charge in [0.15, 0.2) is 4.80 Å². The molecule has 1 unspecified atom stereocenters. The van der Waals surface area contributed by atoms with Crippen LogP contribution in [0.4, 0.5) is 0 Å². The number of nitrogens with zero attached hydrogens (tertiary/aromatic N) is 2. The molecule has 1 aliphatic rings. The molecule has 0 amide bonds. The van der Waals surface area contributed by atoms with Gasteiger partial charge in [0.05, 0.1) is 39.0 Å². The van der Waals surface area contributed by atoms with E-state index in [-0.39, 0.29) is 12.2 Å². The lowest BCUT2D eigenvalue weighted by molar-refractivity contribution is -0.138. The fraction of sp³-hybridized carbons (Fsp3) is 0.160. The van der Waals surface area contributed by atoms with Crippen LogP contribution in [-0.4, -0.2) is 24.3 Å². The molecule has 1 aliphatic heterocycles. The van der Waals surface area contributed by atoms with E-state index in [2.05, 4.69) is 11.6 Å². The van der Waals surface area contributed by atoms with Gasteiger partial charge in [0, 0.05) is 0 Å². The van der Waals surface area contributed by atoms with Gasteiger partial charge >= 0.3 is 5.97 Å². The van der Waals surface area contributed by atoms with E-state index in [1.807, 2.05) is 12.1 Å². The van der Waals surface area contributed by atoms with Gasteiger partial charge in [-0.2, -0.15) is 0 Å².